The van der Waals surface area contributed by atoms with Gasteiger partial charge >= 0.3 is 0 Å². The molecule has 2 heterocycles. The Morgan fingerprint density at radius 2 is 2.14 bits per heavy atom. The van der Waals surface area contributed by atoms with Crippen molar-refractivity contribution in [1.29, 1.82) is 0 Å². The number of hydrogen-bond donors (Lipinski definition) is 3. The van der Waals surface area contributed by atoms with Gasteiger partial charge in [0, 0.05) is 24.9 Å². The first-order chi connectivity index (χ1) is 16.5. The van der Waals surface area contributed by atoms with Gasteiger partial charge in [-0.1, -0.05) is 19.9 Å². The normalized spacial score (nSPS) is 15.3. The van der Waals surface area contributed by atoms with Crippen molar-refractivity contribution in [3.63, 3.8) is 0 Å². The van der Waals surface area contributed by atoms with Crippen molar-refractivity contribution in [2.75, 3.05) is 13.1 Å². The maximum atomic E-state index is 12.1. The Balaban J connectivity index is 0.000000287. The number of oxazole rings is 1. The Hall–Kier alpha value is -3.66. The van der Waals surface area contributed by atoms with Crippen LogP contribution >= 0.6 is 0 Å². The number of ether oxygens (including phenoxy) is 1. The highest BCUT2D eigenvalue weighted by molar-refractivity contribution is 5.95. The molecule has 1 aromatic carbocycles. The van der Waals surface area contributed by atoms with Crippen LogP contribution in [0.25, 0.3) is 11.1 Å². The number of aromatic nitrogens is 1. The van der Waals surface area contributed by atoms with Crippen LogP contribution in [0.4, 0.5) is 0 Å². The lowest BCUT2D eigenvalue weighted by molar-refractivity contribution is -0.126. The first-order valence-electron chi connectivity index (χ1n) is 11.4. The van der Waals surface area contributed by atoms with Crippen LogP contribution < -0.4 is 15.8 Å². The van der Waals surface area contributed by atoms with Gasteiger partial charge < -0.3 is 30.2 Å². The first kappa shape index (κ1) is 27.6. The van der Waals surface area contributed by atoms with Gasteiger partial charge in [0.05, 0.1) is 12.1 Å². The zero-order chi connectivity index (χ0) is 26.0. The number of carbonyl (C=O) groups excluding carboxylic acids is 2. The zero-order valence-electron chi connectivity index (χ0n) is 20.9. The van der Waals surface area contributed by atoms with Crippen LogP contribution in [0, 0.1) is 5.92 Å². The second-order valence-electron chi connectivity index (χ2n) is 9.30. The van der Waals surface area contributed by atoms with Gasteiger partial charge in [0.1, 0.15) is 11.6 Å². The first-order valence-corrected chi connectivity index (χ1v) is 11.4. The molecule has 0 fully saturated rings. The van der Waals surface area contributed by atoms with Crippen molar-refractivity contribution in [2.45, 2.75) is 52.7 Å². The molecule has 4 N–H and O–H groups in total. The van der Waals surface area contributed by atoms with E-state index in [0.29, 0.717) is 48.0 Å². The Morgan fingerprint density at radius 1 is 1.40 bits per heavy atom. The van der Waals surface area contributed by atoms with Gasteiger partial charge in [-0.3, -0.25) is 9.59 Å². The summed E-state index contributed by atoms with van der Waals surface area (Å²) in [6.45, 7) is 10.7. The summed E-state index contributed by atoms with van der Waals surface area (Å²) < 4.78 is 11.1. The van der Waals surface area contributed by atoms with Crippen molar-refractivity contribution in [3.8, 4) is 5.75 Å². The number of rotatable bonds is 10. The highest BCUT2D eigenvalue weighted by Crippen LogP contribution is 2.27. The summed E-state index contributed by atoms with van der Waals surface area (Å²) >= 11 is 0. The van der Waals surface area contributed by atoms with Crippen molar-refractivity contribution in [2.24, 2.45) is 16.6 Å². The van der Waals surface area contributed by atoms with Gasteiger partial charge in [-0.2, -0.15) is 4.99 Å². The number of nitrogens with zero attached hydrogens (tertiary/aromatic N) is 3. The molecule has 0 radical (unpaired) electrons. The summed E-state index contributed by atoms with van der Waals surface area (Å²) in [5.41, 5.74) is 5.83. The average Bonchev–Trinajstić information content (AvgIpc) is 3.38. The topological polar surface area (TPSA) is 143 Å². The molecule has 1 unspecified atom stereocenters. The standard InChI is InChI=1S/C17H20N2O3.C8H15N3O2/c1-11(2)7-12(3)19-9-13(8-16(19)20)22-15-6-4-5-14-17(15)18-10-21-14;1-8(2,13)5-10-4-3-7(9)11-6-12/h4-6,8,10-12H,7,9H2,1-3H3;3-4,6,10,13H,5H2,1-2H3,(H2,9,11,12)/b;4-3-. The Labute approximate surface area is 205 Å². The molecule has 1 aromatic heterocycles. The van der Waals surface area contributed by atoms with Crippen molar-refractivity contribution < 1.29 is 23.8 Å². The maximum absolute atomic E-state index is 12.1. The fourth-order valence-electron chi connectivity index (χ4n) is 3.40. The average molecular weight is 486 g/mol. The van der Waals surface area contributed by atoms with Crippen molar-refractivity contribution in [1.82, 2.24) is 15.2 Å². The number of benzene rings is 1. The predicted molar refractivity (Wildman–Crippen MR) is 134 cm³/mol. The van der Waals surface area contributed by atoms with Crippen LogP contribution in [-0.2, 0) is 9.59 Å². The molecule has 0 spiro atoms. The summed E-state index contributed by atoms with van der Waals surface area (Å²) in [5, 5.41) is 12.1. The third kappa shape index (κ3) is 9.24. The fraction of sp³-hybridized carbons (Fsp3) is 0.440. The summed E-state index contributed by atoms with van der Waals surface area (Å²) in [6.07, 6.45) is 7.28. The number of fused-ring (bicyclic) bond motifs is 1. The van der Waals surface area contributed by atoms with E-state index in [2.05, 4.69) is 36.1 Å². The summed E-state index contributed by atoms with van der Waals surface area (Å²) in [5.74, 6) is 1.95. The van der Waals surface area contributed by atoms with Crippen molar-refractivity contribution >= 4 is 29.3 Å². The largest absolute Gasteiger partial charge is 0.457 e. The van der Waals surface area contributed by atoms with E-state index in [1.165, 1.54) is 18.7 Å². The fourth-order valence-corrected chi connectivity index (χ4v) is 3.40. The SMILES string of the molecule is CC(C)(O)CN/C=C\C(N)=NC=O.CC(C)CC(C)N1CC(Oc2cccc3ocnc23)=CC1=O. The molecular formula is C25H35N5O5. The molecule has 0 bridgehead atoms. The molecule has 2 aromatic rings. The molecule has 1 aliphatic rings. The van der Waals surface area contributed by atoms with Crippen LogP contribution in [0.5, 0.6) is 5.75 Å². The molecule has 0 saturated carbocycles. The van der Waals surface area contributed by atoms with E-state index in [-0.39, 0.29) is 17.8 Å². The van der Waals surface area contributed by atoms with E-state index in [1.807, 2.05) is 23.1 Å². The van der Waals surface area contributed by atoms with Gasteiger partial charge in [-0.15, -0.1) is 0 Å². The molecule has 1 aliphatic heterocycles. The van der Waals surface area contributed by atoms with E-state index in [1.54, 1.807) is 19.9 Å². The second-order valence-corrected chi connectivity index (χ2v) is 9.30. The van der Waals surface area contributed by atoms with Gasteiger partial charge in [-0.05, 0) is 51.3 Å². The van der Waals surface area contributed by atoms with Gasteiger partial charge in [0.15, 0.2) is 23.2 Å². The van der Waals surface area contributed by atoms with Crippen LogP contribution in [0.3, 0.4) is 0 Å². The zero-order valence-corrected chi connectivity index (χ0v) is 20.9. The van der Waals surface area contributed by atoms with Crippen LogP contribution in [0.15, 0.2) is 58.1 Å². The maximum Gasteiger partial charge on any atom is 0.250 e. The molecule has 0 saturated heterocycles. The highest BCUT2D eigenvalue weighted by Gasteiger charge is 2.28. The third-order valence-corrected chi connectivity index (χ3v) is 4.91. The number of carbonyl (C=O) groups is 2. The highest BCUT2D eigenvalue weighted by atomic mass is 16.5. The van der Waals surface area contributed by atoms with E-state index < -0.39 is 5.60 Å². The Kier molecular flexibility index (Phi) is 10.0. The number of amides is 2. The van der Waals surface area contributed by atoms with Gasteiger partial charge in [-0.25, -0.2) is 4.98 Å². The van der Waals surface area contributed by atoms with Gasteiger partial charge in [0.25, 0.3) is 5.91 Å². The lowest BCUT2D eigenvalue weighted by Gasteiger charge is -2.26. The summed E-state index contributed by atoms with van der Waals surface area (Å²) in [7, 11) is 0. The van der Waals surface area contributed by atoms with Crippen LogP contribution in [-0.4, -0.2) is 57.9 Å². The van der Waals surface area contributed by atoms with E-state index in [9.17, 15) is 14.7 Å². The molecule has 35 heavy (non-hydrogen) atoms. The second kappa shape index (κ2) is 12.7. The van der Waals surface area contributed by atoms with Crippen LogP contribution in [0.1, 0.15) is 41.0 Å². The summed E-state index contributed by atoms with van der Waals surface area (Å²) in [4.78, 5) is 31.3. The minimum absolute atomic E-state index is 0.00970. The lowest BCUT2D eigenvalue weighted by Crippen LogP contribution is -2.36. The summed E-state index contributed by atoms with van der Waals surface area (Å²) in [6, 6.07) is 5.71. The minimum atomic E-state index is -0.777. The van der Waals surface area contributed by atoms with Crippen molar-refractivity contribution in [3.05, 3.63) is 48.7 Å². The molecule has 3 rings (SSSR count). The van der Waals surface area contributed by atoms with E-state index in [4.69, 9.17) is 14.9 Å². The molecule has 190 valence electrons. The smallest absolute Gasteiger partial charge is 0.250 e. The molecule has 1 atom stereocenters. The lowest BCUT2D eigenvalue weighted by atomic mass is 10.0. The quantitative estimate of drug-likeness (QED) is 0.265. The molecule has 0 aliphatic carbocycles. The molecule has 10 heteroatoms. The predicted octanol–water partition coefficient (Wildman–Crippen LogP) is 2.74. The minimum Gasteiger partial charge on any atom is -0.457 e. The Morgan fingerprint density at radius 3 is 2.80 bits per heavy atom. The number of nitrogens with one attached hydrogen (secondary N) is 1. The van der Waals surface area contributed by atoms with Gasteiger partial charge in [0.2, 0.25) is 6.41 Å². The Bertz CT molecular complexity index is 1080. The van der Waals surface area contributed by atoms with E-state index in [0.717, 1.165) is 6.42 Å². The number of nitrogens with two attached hydrogens (primary N) is 1. The number of aliphatic hydroxyl groups is 1. The van der Waals surface area contributed by atoms with E-state index >= 15 is 0 Å². The molecule has 10 nitrogen and oxygen atoms in total. The number of aliphatic imine (C=N–C) groups is 1. The number of para-hydroxylation sites is 1. The monoisotopic (exact) mass is 485 g/mol. The molecule has 2 amide bonds. The number of hydrogen-bond acceptors (Lipinski definition) is 7. The third-order valence-electron chi connectivity index (χ3n) is 4.91. The number of amidine groups is 1. The molecular weight excluding hydrogens is 450 g/mol. The van der Waals surface area contributed by atoms with Crippen LogP contribution in [0.2, 0.25) is 0 Å².